The van der Waals surface area contributed by atoms with Crippen molar-refractivity contribution in [1.82, 2.24) is 4.98 Å². The summed E-state index contributed by atoms with van der Waals surface area (Å²) in [6.45, 7) is 0. The molecule has 1 aromatic heterocycles. The summed E-state index contributed by atoms with van der Waals surface area (Å²) in [5.74, 6) is -1.91. The molecule has 0 atom stereocenters. The van der Waals surface area contributed by atoms with Gasteiger partial charge in [-0.05, 0) is 23.8 Å². The predicted octanol–water partition coefficient (Wildman–Crippen LogP) is 4.13. The molecule has 5 nitrogen and oxygen atoms in total. The van der Waals surface area contributed by atoms with Crippen molar-refractivity contribution in [2.45, 2.75) is 0 Å². The Kier molecular flexibility index (Phi) is 5.26. The van der Waals surface area contributed by atoms with Crippen molar-refractivity contribution in [2.24, 2.45) is 0 Å². The number of esters is 2. The smallest absolute Gasteiger partial charge is 0.357 e. The summed E-state index contributed by atoms with van der Waals surface area (Å²) in [6, 6.07) is 16.4. The van der Waals surface area contributed by atoms with Gasteiger partial charge in [-0.1, -0.05) is 42.5 Å². The largest absolute Gasteiger partial charge is 0.465 e. The van der Waals surface area contributed by atoms with Crippen LogP contribution in [-0.2, 0) is 9.47 Å². The number of halogens is 1. The second-order valence-corrected chi connectivity index (χ2v) is 5.63. The van der Waals surface area contributed by atoms with Gasteiger partial charge in [0.05, 0.1) is 19.9 Å². The standard InChI is InChI=1S/C21H16FNO4/c1-26-20(24)18-16(13-8-10-15(22)11-9-13)12-17(14-6-4-3-5-7-14)23-19(18)21(25)27-2/h3-12H,1-2H3. The predicted molar refractivity (Wildman–Crippen MR) is 97.7 cm³/mol. The molecule has 0 fully saturated rings. The highest BCUT2D eigenvalue weighted by Gasteiger charge is 2.26. The van der Waals surface area contributed by atoms with Gasteiger partial charge in [-0.3, -0.25) is 0 Å². The van der Waals surface area contributed by atoms with Crippen molar-refractivity contribution >= 4 is 11.9 Å². The van der Waals surface area contributed by atoms with Crippen LogP contribution >= 0.6 is 0 Å². The molecule has 136 valence electrons. The Hall–Kier alpha value is -3.54. The van der Waals surface area contributed by atoms with Crippen LogP contribution in [0.4, 0.5) is 4.39 Å². The lowest BCUT2D eigenvalue weighted by atomic mass is 9.96. The van der Waals surface area contributed by atoms with Crippen LogP contribution in [0.25, 0.3) is 22.4 Å². The summed E-state index contributed by atoms with van der Waals surface area (Å²) in [5, 5.41) is 0. The Morgan fingerprint density at radius 2 is 1.48 bits per heavy atom. The molecule has 2 aromatic carbocycles. The molecule has 0 radical (unpaired) electrons. The average molecular weight is 365 g/mol. The minimum Gasteiger partial charge on any atom is -0.465 e. The van der Waals surface area contributed by atoms with Gasteiger partial charge in [-0.25, -0.2) is 19.0 Å². The molecule has 3 aromatic rings. The summed E-state index contributed by atoms with van der Waals surface area (Å²) in [4.78, 5) is 29.1. The van der Waals surface area contributed by atoms with Gasteiger partial charge < -0.3 is 9.47 Å². The van der Waals surface area contributed by atoms with E-state index in [2.05, 4.69) is 4.98 Å². The number of carbonyl (C=O) groups is 2. The Morgan fingerprint density at radius 1 is 0.852 bits per heavy atom. The van der Waals surface area contributed by atoms with E-state index in [0.29, 0.717) is 16.8 Å². The molecule has 0 amide bonds. The maximum absolute atomic E-state index is 13.4. The van der Waals surface area contributed by atoms with Crippen LogP contribution in [0.5, 0.6) is 0 Å². The topological polar surface area (TPSA) is 65.5 Å². The fourth-order valence-electron chi connectivity index (χ4n) is 2.71. The number of nitrogens with zero attached hydrogens (tertiary/aromatic N) is 1. The van der Waals surface area contributed by atoms with E-state index in [1.807, 2.05) is 30.3 Å². The van der Waals surface area contributed by atoms with Crippen LogP contribution in [0.2, 0.25) is 0 Å². The maximum atomic E-state index is 13.4. The number of ether oxygens (including phenoxy) is 2. The van der Waals surface area contributed by atoms with Gasteiger partial charge in [0.25, 0.3) is 0 Å². The molecule has 0 N–H and O–H groups in total. The fraction of sp³-hybridized carbons (Fsp3) is 0.0952. The minimum atomic E-state index is -0.767. The molecule has 0 bridgehead atoms. The highest BCUT2D eigenvalue weighted by atomic mass is 19.1. The summed E-state index contributed by atoms with van der Waals surface area (Å²) in [6.07, 6.45) is 0. The first-order chi connectivity index (χ1) is 13.0. The first kappa shape index (κ1) is 18.3. The third-order valence-corrected chi connectivity index (χ3v) is 4.01. The highest BCUT2D eigenvalue weighted by Crippen LogP contribution is 2.31. The molecule has 0 saturated heterocycles. The molecule has 0 saturated carbocycles. The van der Waals surface area contributed by atoms with Gasteiger partial charge in [0.2, 0.25) is 0 Å². The van der Waals surface area contributed by atoms with Crippen LogP contribution in [0.15, 0.2) is 60.7 Å². The summed E-state index contributed by atoms with van der Waals surface area (Å²) in [5.41, 5.74) is 1.98. The monoisotopic (exact) mass is 365 g/mol. The highest BCUT2D eigenvalue weighted by molar-refractivity contribution is 6.07. The minimum absolute atomic E-state index is 0.0318. The number of carbonyl (C=O) groups excluding carboxylic acids is 2. The molecule has 0 aliphatic rings. The van der Waals surface area contributed by atoms with Crippen LogP contribution in [0, 0.1) is 5.82 Å². The van der Waals surface area contributed by atoms with Crippen molar-refractivity contribution < 1.29 is 23.5 Å². The third kappa shape index (κ3) is 3.69. The van der Waals surface area contributed by atoms with E-state index in [1.54, 1.807) is 6.07 Å². The zero-order valence-corrected chi connectivity index (χ0v) is 14.7. The lowest BCUT2D eigenvalue weighted by Crippen LogP contribution is -2.16. The van der Waals surface area contributed by atoms with Gasteiger partial charge in [-0.2, -0.15) is 0 Å². The Morgan fingerprint density at radius 3 is 2.07 bits per heavy atom. The van der Waals surface area contributed by atoms with Gasteiger partial charge in [0.15, 0.2) is 5.69 Å². The van der Waals surface area contributed by atoms with E-state index in [0.717, 1.165) is 5.56 Å². The second-order valence-electron chi connectivity index (χ2n) is 5.63. The third-order valence-electron chi connectivity index (χ3n) is 4.01. The summed E-state index contributed by atoms with van der Waals surface area (Å²) >= 11 is 0. The number of hydrogen-bond acceptors (Lipinski definition) is 5. The molecule has 0 unspecified atom stereocenters. The summed E-state index contributed by atoms with van der Waals surface area (Å²) in [7, 11) is 2.42. The van der Waals surface area contributed by atoms with E-state index in [1.165, 1.54) is 38.5 Å². The van der Waals surface area contributed by atoms with Gasteiger partial charge >= 0.3 is 11.9 Å². The Bertz CT molecular complexity index is 985. The number of aromatic nitrogens is 1. The molecular formula is C21H16FNO4. The van der Waals surface area contributed by atoms with E-state index < -0.39 is 17.8 Å². The normalized spacial score (nSPS) is 10.3. The van der Waals surface area contributed by atoms with Crippen LogP contribution in [0.3, 0.4) is 0 Å². The first-order valence-corrected chi connectivity index (χ1v) is 8.08. The molecule has 27 heavy (non-hydrogen) atoms. The molecule has 0 aliphatic heterocycles. The zero-order chi connectivity index (χ0) is 19.4. The van der Waals surface area contributed by atoms with Gasteiger partial charge in [-0.15, -0.1) is 0 Å². The summed E-state index contributed by atoms with van der Waals surface area (Å²) < 4.78 is 23.0. The van der Waals surface area contributed by atoms with E-state index in [4.69, 9.17) is 9.47 Å². The van der Waals surface area contributed by atoms with Crippen LogP contribution < -0.4 is 0 Å². The number of hydrogen-bond donors (Lipinski definition) is 0. The maximum Gasteiger partial charge on any atom is 0.357 e. The molecule has 0 aliphatic carbocycles. The molecular weight excluding hydrogens is 349 g/mol. The zero-order valence-electron chi connectivity index (χ0n) is 14.7. The van der Waals surface area contributed by atoms with E-state index in [9.17, 15) is 14.0 Å². The van der Waals surface area contributed by atoms with Crippen molar-refractivity contribution in [1.29, 1.82) is 0 Å². The van der Waals surface area contributed by atoms with Crippen molar-refractivity contribution in [3.8, 4) is 22.4 Å². The average Bonchev–Trinajstić information content (AvgIpc) is 2.72. The van der Waals surface area contributed by atoms with Crippen molar-refractivity contribution in [3.05, 3.63) is 77.7 Å². The quantitative estimate of drug-likeness (QED) is 0.651. The van der Waals surface area contributed by atoms with E-state index >= 15 is 0 Å². The van der Waals surface area contributed by atoms with Gasteiger partial charge in [0, 0.05) is 11.1 Å². The Labute approximate surface area is 155 Å². The lowest BCUT2D eigenvalue weighted by Gasteiger charge is -2.14. The molecule has 0 spiro atoms. The SMILES string of the molecule is COC(=O)c1nc(-c2ccccc2)cc(-c2ccc(F)cc2)c1C(=O)OC. The van der Waals surface area contributed by atoms with Crippen LogP contribution in [0.1, 0.15) is 20.8 Å². The molecule has 1 heterocycles. The first-order valence-electron chi connectivity index (χ1n) is 8.08. The van der Waals surface area contributed by atoms with Crippen LogP contribution in [-0.4, -0.2) is 31.1 Å². The fourth-order valence-corrected chi connectivity index (χ4v) is 2.71. The van der Waals surface area contributed by atoms with Crippen molar-refractivity contribution in [2.75, 3.05) is 14.2 Å². The van der Waals surface area contributed by atoms with Crippen molar-refractivity contribution in [3.63, 3.8) is 0 Å². The van der Waals surface area contributed by atoms with E-state index in [-0.39, 0.29) is 11.3 Å². The second kappa shape index (κ2) is 7.78. The lowest BCUT2D eigenvalue weighted by molar-refractivity contribution is 0.0550. The number of benzene rings is 2. The number of rotatable bonds is 4. The number of pyridine rings is 1. The Balaban J connectivity index is 2.34. The molecule has 3 rings (SSSR count). The number of methoxy groups -OCH3 is 2. The molecule has 6 heteroatoms. The van der Waals surface area contributed by atoms with Gasteiger partial charge in [0.1, 0.15) is 11.4 Å².